The molecule has 1 aliphatic heterocycles. The normalized spacial score (nSPS) is 18.1. The second-order valence-electron chi connectivity index (χ2n) is 3.76. The number of fused-ring (bicyclic) bond motifs is 1. The van der Waals surface area contributed by atoms with Crippen molar-refractivity contribution in [2.45, 2.75) is 19.4 Å². The minimum absolute atomic E-state index is 0.0837. The highest BCUT2D eigenvalue weighted by molar-refractivity contribution is 5.53. The summed E-state index contributed by atoms with van der Waals surface area (Å²) in [7, 11) is 3.27. The lowest BCUT2D eigenvalue weighted by Crippen LogP contribution is -2.20. The van der Waals surface area contributed by atoms with E-state index >= 15 is 0 Å². The Morgan fingerprint density at radius 2 is 2.25 bits per heavy atom. The fraction of sp³-hybridized carbons (Fsp3) is 0.500. The molecule has 0 saturated carbocycles. The molecule has 0 bridgehead atoms. The number of nitrogens with one attached hydrogen (secondary N) is 1. The van der Waals surface area contributed by atoms with Gasteiger partial charge in [0.15, 0.2) is 11.5 Å². The Balaban J connectivity index is 2.40. The van der Waals surface area contributed by atoms with Crippen LogP contribution in [0.4, 0.5) is 0 Å². The van der Waals surface area contributed by atoms with Gasteiger partial charge >= 0.3 is 0 Å². The first-order valence-electron chi connectivity index (χ1n) is 5.42. The largest absolute Gasteiger partial charge is 0.493 e. The molecule has 0 spiro atoms. The van der Waals surface area contributed by atoms with Gasteiger partial charge in [0.2, 0.25) is 0 Å². The summed E-state index contributed by atoms with van der Waals surface area (Å²) in [4.78, 5) is 4.96. The third-order valence-corrected chi connectivity index (χ3v) is 2.80. The molecule has 4 nitrogen and oxygen atoms in total. The minimum atomic E-state index is 0.0837. The van der Waals surface area contributed by atoms with Gasteiger partial charge in [-0.05, 0) is 18.1 Å². The van der Waals surface area contributed by atoms with E-state index in [1.165, 1.54) is 5.56 Å². The summed E-state index contributed by atoms with van der Waals surface area (Å²) in [6, 6.07) is 4.25. The maximum absolute atomic E-state index is 5.62. The first-order valence-corrected chi connectivity index (χ1v) is 5.42. The van der Waals surface area contributed by atoms with Crippen LogP contribution in [0.25, 0.3) is 0 Å². The average molecular weight is 223 g/mol. The Morgan fingerprint density at radius 3 is 2.88 bits per heavy atom. The number of methoxy groups -OCH3 is 1. The molecule has 2 rings (SSSR count). The van der Waals surface area contributed by atoms with Crippen molar-refractivity contribution >= 4 is 0 Å². The van der Waals surface area contributed by atoms with Crippen molar-refractivity contribution in [3.8, 4) is 11.5 Å². The molecule has 4 heteroatoms. The Hall–Kier alpha value is -1.26. The van der Waals surface area contributed by atoms with Crippen molar-refractivity contribution in [1.29, 1.82) is 0 Å². The van der Waals surface area contributed by atoms with Gasteiger partial charge in [0, 0.05) is 5.56 Å². The summed E-state index contributed by atoms with van der Waals surface area (Å²) >= 11 is 0. The SMILES string of the molecule is CCc1cc(OC)c2c(c1)C(NOC)CO2. The van der Waals surface area contributed by atoms with E-state index in [9.17, 15) is 0 Å². The zero-order valence-corrected chi connectivity index (χ0v) is 9.87. The number of benzene rings is 1. The quantitative estimate of drug-likeness (QED) is 0.791. The fourth-order valence-electron chi connectivity index (χ4n) is 1.95. The summed E-state index contributed by atoms with van der Waals surface area (Å²) in [6.07, 6.45) is 0.976. The average Bonchev–Trinajstić information content (AvgIpc) is 2.72. The highest BCUT2D eigenvalue weighted by Crippen LogP contribution is 2.41. The number of rotatable bonds is 4. The van der Waals surface area contributed by atoms with Crippen LogP contribution in [0.5, 0.6) is 11.5 Å². The molecular formula is C12H17NO3. The molecule has 1 atom stereocenters. The molecule has 1 unspecified atom stereocenters. The minimum Gasteiger partial charge on any atom is -0.493 e. The Labute approximate surface area is 95.5 Å². The van der Waals surface area contributed by atoms with E-state index < -0.39 is 0 Å². The molecule has 1 aromatic rings. The van der Waals surface area contributed by atoms with Gasteiger partial charge in [-0.3, -0.25) is 0 Å². The number of hydrogen-bond donors (Lipinski definition) is 1. The Morgan fingerprint density at radius 1 is 1.44 bits per heavy atom. The van der Waals surface area contributed by atoms with Gasteiger partial charge in [-0.2, -0.15) is 5.48 Å². The van der Waals surface area contributed by atoms with Crippen LogP contribution >= 0.6 is 0 Å². The van der Waals surface area contributed by atoms with Gasteiger partial charge in [-0.15, -0.1) is 0 Å². The first-order chi connectivity index (χ1) is 7.80. The molecular weight excluding hydrogens is 206 g/mol. The third-order valence-electron chi connectivity index (χ3n) is 2.80. The van der Waals surface area contributed by atoms with Gasteiger partial charge in [0.1, 0.15) is 6.61 Å². The maximum Gasteiger partial charge on any atom is 0.166 e. The summed E-state index contributed by atoms with van der Waals surface area (Å²) in [6.45, 7) is 2.70. The van der Waals surface area contributed by atoms with Crippen LogP contribution in [-0.2, 0) is 11.3 Å². The highest BCUT2D eigenvalue weighted by atomic mass is 16.6. The molecule has 0 fully saturated rings. The molecule has 16 heavy (non-hydrogen) atoms. The molecule has 0 aliphatic carbocycles. The van der Waals surface area contributed by atoms with Gasteiger partial charge in [-0.1, -0.05) is 13.0 Å². The highest BCUT2D eigenvalue weighted by Gasteiger charge is 2.27. The van der Waals surface area contributed by atoms with Crippen LogP contribution in [0.1, 0.15) is 24.1 Å². The molecule has 88 valence electrons. The van der Waals surface area contributed by atoms with E-state index in [0.29, 0.717) is 6.61 Å². The number of hydrogen-bond acceptors (Lipinski definition) is 4. The van der Waals surface area contributed by atoms with Crippen LogP contribution < -0.4 is 15.0 Å². The van der Waals surface area contributed by atoms with Gasteiger partial charge in [0.05, 0.1) is 20.3 Å². The summed E-state index contributed by atoms with van der Waals surface area (Å²) in [5.74, 6) is 1.63. The van der Waals surface area contributed by atoms with Gasteiger partial charge in [0.25, 0.3) is 0 Å². The lowest BCUT2D eigenvalue weighted by Gasteiger charge is -2.11. The van der Waals surface area contributed by atoms with E-state index in [-0.39, 0.29) is 6.04 Å². The van der Waals surface area contributed by atoms with Crippen molar-refractivity contribution in [1.82, 2.24) is 5.48 Å². The van der Waals surface area contributed by atoms with Crippen molar-refractivity contribution < 1.29 is 14.3 Å². The van der Waals surface area contributed by atoms with E-state index in [1.54, 1.807) is 14.2 Å². The van der Waals surface area contributed by atoms with Crippen molar-refractivity contribution in [3.63, 3.8) is 0 Å². The van der Waals surface area contributed by atoms with E-state index in [0.717, 1.165) is 23.5 Å². The molecule has 0 saturated heterocycles. The fourth-order valence-corrected chi connectivity index (χ4v) is 1.95. The van der Waals surface area contributed by atoms with Crippen LogP contribution in [0, 0.1) is 0 Å². The van der Waals surface area contributed by atoms with E-state index in [2.05, 4.69) is 18.5 Å². The van der Waals surface area contributed by atoms with Crippen molar-refractivity contribution in [2.24, 2.45) is 0 Å². The smallest absolute Gasteiger partial charge is 0.166 e. The van der Waals surface area contributed by atoms with Gasteiger partial charge < -0.3 is 14.3 Å². The topological polar surface area (TPSA) is 39.7 Å². The van der Waals surface area contributed by atoms with E-state index in [1.807, 2.05) is 6.07 Å². The zero-order chi connectivity index (χ0) is 11.5. The second kappa shape index (κ2) is 4.72. The summed E-state index contributed by atoms with van der Waals surface area (Å²) in [5, 5.41) is 0. The second-order valence-corrected chi connectivity index (χ2v) is 3.76. The molecule has 1 aromatic carbocycles. The zero-order valence-electron chi connectivity index (χ0n) is 9.87. The number of hydroxylamine groups is 1. The molecule has 0 aromatic heterocycles. The molecule has 0 amide bonds. The third kappa shape index (κ3) is 1.86. The molecule has 1 heterocycles. The lowest BCUT2D eigenvalue weighted by atomic mass is 10.0. The summed E-state index contributed by atoms with van der Waals surface area (Å²) in [5.41, 5.74) is 5.27. The van der Waals surface area contributed by atoms with Gasteiger partial charge in [-0.25, -0.2) is 0 Å². The predicted octanol–water partition coefficient (Wildman–Crippen LogP) is 1.84. The number of aryl methyl sites for hydroxylation is 1. The molecule has 1 aliphatic rings. The summed E-state index contributed by atoms with van der Waals surface area (Å²) < 4.78 is 11.0. The van der Waals surface area contributed by atoms with Crippen molar-refractivity contribution in [3.05, 3.63) is 23.3 Å². The monoisotopic (exact) mass is 223 g/mol. The predicted molar refractivity (Wildman–Crippen MR) is 60.8 cm³/mol. The maximum atomic E-state index is 5.62. The van der Waals surface area contributed by atoms with E-state index in [4.69, 9.17) is 14.3 Å². The Kier molecular flexibility index (Phi) is 3.31. The van der Waals surface area contributed by atoms with Crippen molar-refractivity contribution in [2.75, 3.05) is 20.8 Å². The molecule has 1 N–H and O–H groups in total. The standard InChI is InChI=1S/C12H17NO3/c1-4-8-5-9-10(13-15-3)7-16-12(9)11(6-8)14-2/h5-6,10,13H,4,7H2,1-3H3. The van der Waals surface area contributed by atoms with Crippen LogP contribution in [0.15, 0.2) is 12.1 Å². The lowest BCUT2D eigenvalue weighted by molar-refractivity contribution is 0.0535. The van der Waals surface area contributed by atoms with Crippen LogP contribution in [0.2, 0.25) is 0 Å². The van der Waals surface area contributed by atoms with Crippen LogP contribution in [0.3, 0.4) is 0 Å². The Bertz CT molecular complexity index is 379. The van der Waals surface area contributed by atoms with Crippen LogP contribution in [-0.4, -0.2) is 20.8 Å². The molecule has 0 radical (unpaired) electrons. The first kappa shape index (κ1) is 11.2. The number of ether oxygens (including phenoxy) is 2.